The molecule has 58 heavy (non-hydrogen) atoms. The number of nitrogens with zero attached hydrogens (tertiary/aromatic N) is 4. The van der Waals surface area contributed by atoms with Crippen LogP contribution in [0.2, 0.25) is 0 Å². The van der Waals surface area contributed by atoms with Crippen LogP contribution in [0, 0.1) is 5.92 Å². The normalized spacial score (nSPS) is 16.2. The molecule has 15 heteroatoms. The zero-order valence-corrected chi connectivity index (χ0v) is 33.8. The first kappa shape index (κ1) is 41.8. The second-order valence-corrected chi connectivity index (χ2v) is 15.8. The van der Waals surface area contributed by atoms with Gasteiger partial charge in [0.2, 0.25) is 5.91 Å². The minimum atomic E-state index is -3.00. The number of benzene rings is 3. The van der Waals surface area contributed by atoms with Gasteiger partial charge in [0.1, 0.15) is 23.3 Å². The molecule has 3 aromatic carbocycles. The Morgan fingerprint density at radius 1 is 0.914 bits per heavy atom. The number of methoxy groups -OCH3 is 1. The number of nitrogens with one attached hydrogen (secondary N) is 3. The molecule has 1 aliphatic heterocycles. The molecule has 13 nitrogen and oxygen atoms in total. The second kappa shape index (κ2) is 17.8. The number of imidazole rings is 2. The van der Waals surface area contributed by atoms with Crippen molar-refractivity contribution in [2.24, 2.45) is 5.92 Å². The number of hydrogen-bond acceptors (Lipinski definition) is 8. The Morgan fingerprint density at radius 3 is 2.17 bits per heavy atom. The summed E-state index contributed by atoms with van der Waals surface area (Å²) in [7, 11) is 1.20. The van der Waals surface area contributed by atoms with Gasteiger partial charge in [-0.2, -0.15) is 8.78 Å². The maximum Gasteiger partial charge on any atom is 0.410 e. The molecular weight excluding hydrogens is 749 g/mol. The zero-order valence-electron chi connectivity index (χ0n) is 33.8. The minimum absolute atomic E-state index is 0.0861. The van der Waals surface area contributed by atoms with Crippen LogP contribution in [-0.4, -0.2) is 92.4 Å². The van der Waals surface area contributed by atoms with E-state index in [1.807, 2.05) is 58.0 Å². The molecule has 0 radical (unpaired) electrons. The van der Waals surface area contributed by atoms with Crippen LogP contribution >= 0.6 is 0 Å². The summed E-state index contributed by atoms with van der Waals surface area (Å²) in [5.41, 5.74) is 4.81. The molecule has 1 saturated heterocycles. The van der Waals surface area contributed by atoms with Gasteiger partial charge in [0.05, 0.1) is 49.6 Å². The Bertz CT molecular complexity index is 2210. The predicted molar refractivity (Wildman–Crippen MR) is 216 cm³/mol. The number of amides is 3. The van der Waals surface area contributed by atoms with E-state index in [0.717, 1.165) is 45.1 Å². The van der Waals surface area contributed by atoms with E-state index in [4.69, 9.17) is 14.2 Å². The third-order valence-electron chi connectivity index (χ3n) is 9.94. The first-order valence-corrected chi connectivity index (χ1v) is 19.4. The summed E-state index contributed by atoms with van der Waals surface area (Å²) in [5, 5.41) is 4.69. The number of likely N-dealkylation sites (tertiary alicyclic amines) is 1. The van der Waals surface area contributed by atoms with E-state index in [1.165, 1.54) is 12.0 Å². The van der Waals surface area contributed by atoms with Gasteiger partial charge in [-0.25, -0.2) is 19.6 Å². The number of ether oxygens (including phenoxy) is 3. The van der Waals surface area contributed by atoms with Gasteiger partial charge in [-0.15, -0.1) is 0 Å². The van der Waals surface area contributed by atoms with Crippen LogP contribution in [0.1, 0.15) is 72.1 Å². The van der Waals surface area contributed by atoms with E-state index in [0.29, 0.717) is 30.4 Å². The summed E-state index contributed by atoms with van der Waals surface area (Å²) in [6.07, 6.45) is 2.28. The fourth-order valence-electron chi connectivity index (χ4n) is 7.11. The van der Waals surface area contributed by atoms with E-state index in [9.17, 15) is 23.2 Å². The molecule has 0 spiro atoms. The van der Waals surface area contributed by atoms with Gasteiger partial charge in [-0.1, -0.05) is 69.3 Å². The van der Waals surface area contributed by atoms with Gasteiger partial charge in [-0.05, 0) is 72.7 Å². The second-order valence-electron chi connectivity index (χ2n) is 15.8. The van der Waals surface area contributed by atoms with E-state index < -0.39 is 42.4 Å². The van der Waals surface area contributed by atoms with Crippen LogP contribution in [0.5, 0.6) is 0 Å². The average Bonchev–Trinajstić information content (AvgIpc) is 3.96. The van der Waals surface area contributed by atoms with Crippen LogP contribution in [-0.2, 0) is 25.5 Å². The monoisotopic (exact) mass is 799 g/mol. The molecule has 2 aromatic heterocycles. The molecule has 0 bridgehead atoms. The highest BCUT2D eigenvalue weighted by atomic mass is 19.3. The molecule has 1 aliphatic rings. The quantitative estimate of drug-likeness (QED) is 0.107. The third kappa shape index (κ3) is 9.99. The number of carbonyl (C=O) groups is 3. The summed E-state index contributed by atoms with van der Waals surface area (Å²) < 4.78 is 41.6. The Morgan fingerprint density at radius 2 is 1.53 bits per heavy atom. The first-order chi connectivity index (χ1) is 27.6. The van der Waals surface area contributed by atoms with Crippen molar-refractivity contribution < 1.29 is 37.4 Å². The SMILES string of the molecule is CCCN(Cc1ncc(-c2ccc3cc(-c4ccc(-c5cnc([C@@H]6C[C@H](OC(F)F)CN6C(=O)[C@@H](NC(=O)OC)C(C)C)[nH]5)cc4)ccc3c2)[nH]1)C(=O)OC(C)(C)C. The summed E-state index contributed by atoms with van der Waals surface area (Å²) in [6, 6.07) is 18.8. The molecule has 3 heterocycles. The molecule has 5 aromatic rings. The molecule has 0 aliphatic carbocycles. The van der Waals surface area contributed by atoms with Gasteiger partial charge >= 0.3 is 18.8 Å². The van der Waals surface area contributed by atoms with E-state index >= 15 is 0 Å². The molecule has 0 saturated carbocycles. The van der Waals surface area contributed by atoms with Crippen LogP contribution in [0.3, 0.4) is 0 Å². The lowest BCUT2D eigenvalue weighted by Gasteiger charge is -2.29. The smallest absolute Gasteiger partial charge is 0.410 e. The number of halogens is 2. The fourth-order valence-corrected chi connectivity index (χ4v) is 7.11. The lowest BCUT2D eigenvalue weighted by atomic mass is 9.98. The lowest BCUT2D eigenvalue weighted by molar-refractivity contribution is -0.160. The number of aromatic amines is 2. The maximum atomic E-state index is 13.7. The summed E-state index contributed by atoms with van der Waals surface area (Å²) in [6.45, 7) is 8.90. The van der Waals surface area contributed by atoms with Crippen LogP contribution in [0.15, 0.2) is 73.1 Å². The van der Waals surface area contributed by atoms with Crippen molar-refractivity contribution in [1.29, 1.82) is 0 Å². The van der Waals surface area contributed by atoms with Gasteiger partial charge < -0.3 is 39.3 Å². The molecule has 0 unspecified atom stereocenters. The van der Waals surface area contributed by atoms with Crippen LogP contribution < -0.4 is 5.32 Å². The molecular formula is C43H51F2N7O6. The summed E-state index contributed by atoms with van der Waals surface area (Å²) in [5.74, 6) is 0.354. The summed E-state index contributed by atoms with van der Waals surface area (Å²) in [4.78, 5) is 57.4. The fraction of sp³-hybridized carbons (Fsp3) is 0.419. The minimum Gasteiger partial charge on any atom is -0.453 e. The van der Waals surface area contributed by atoms with Crippen molar-refractivity contribution in [3.63, 3.8) is 0 Å². The number of alkyl halides is 2. The molecule has 3 amide bonds. The van der Waals surface area contributed by atoms with Crippen molar-refractivity contribution in [3.8, 4) is 33.6 Å². The standard InChI is InChI=1S/C43H51F2N7O6/c1-8-17-51(42(55)58-43(4,5)6)24-36-46-21-34(48-36)31-16-15-29-18-28(13-14-30(29)19-31)26-9-11-27(12-10-26)33-22-47-38(49-33)35-20-32(57-40(44)45)23-52(35)39(53)37(25(2)3)50-41(54)56-7/h9-16,18-19,21-22,25,32,35,37,40H,8,17,20,23-24H2,1-7H3,(H,46,48)(H,47,49)(H,50,54)/t32-,35-,37-/m0/s1. The number of rotatable bonds is 13. The van der Waals surface area contributed by atoms with Crippen molar-refractivity contribution in [1.82, 2.24) is 35.1 Å². The number of H-pyrrole nitrogens is 2. The van der Waals surface area contributed by atoms with Crippen LogP contribution in [0.4, 0.5) is 18.4 Å². The van der Waals surface area contributed by atoms with Gasteiger partial charge in [0, 0.05) is 25.1 Å². The summed E-state index contributed by atoms with van der Waals surface area (Å²) >= 11 is 0. The maximum absolute atomic E-state index is 13.7. The highest BCUT2D eigenvalue weighted by Crippen LogP contribution is 2.36. The van der Waals surface area contributed by atoms with Crippen LogP contribution in [0.25, 0.3) is 44.4 Å². The number of carbonyl (C=O) groups excluding carboxylic acids is 3. The number of fused-ring (bicyclic) bond motifs is 1. The number of hydrogen-bond donors (Lipinski definition) is 3. The lowest BCUT2D eigenvalue weighted by Crippen LogP contribution is -2.51. The van der Waals surface area contributed by atoms with Crippen molar-refractivity contribution in [2.45, 2.75) is 91.3 Å². The number of alkyl carbamates (subject to hydrolysis) is 1. The van der Waals surface area contributed by atoms with Crippen molar-refractivity contribution in [3.05, 3.63) is 84.7 Å². The van der Waals surface area contributed by atoms with Crippen molar-refractivity contribution in [2.75, 3.05) is 20.2 Å². The van der Waals surface area contributed by atoms with Crippen molar-refractivity contribution >= 4 is 28.9 Å². The Balaban J connectivity index is 1.15. The van der Waals surface area contributed by atoms with E-state index in [2.05, 4.69) is 55.6 Å². The third-order valence-corrected chi connectivity index (χ3v) is 9.94. The van der Waals surface area contributed by atoms with E-state index in [1.54, 1.807) is 31.1 Å². The molecule has 6 rings (SSSR count). The molecule has 3 atom stereocenters. The largest absolute Gasteiger partial charge is 0.453 e. The zero-order chi connectivity index (χ0) is 41.7. The Hall–Kier alpha value is -5.83. The van der Waals surface area contributed by atoms with E-state index in [-0.39, 0.29) is 25.0 Å². The van der Waals surface area contributed by atoms with Gasteiger partial charge in [0.25, 0.3) is 0 Å². The Labute approximate surface area is 336 Å². The Kier molecular flexibility index (Phi) is 12.8. The predicted octanol–water partition coefficient (Wildman–Crippen LogP) is 8.70. The number of aromatic nitrogens is 4. The van der Waals surface area contributed by atoms with Gasteiger partial charge in [0.15, 0.2) is 0 Å². The first-order valence-electron chi connectivity index (χ1n) is 19.4. The topological polar surface area (TPSA) is 155 Å². The average molecular weight is 800 g/mol. The highest BCUT2D eigenvalue weighted by molar-refractivity contribution is 5.91. The molecule has 1 fully saturated rings. The molecule has 3 N–H and O–H groups in total. The highest BCUT2D eigenvalue weighted by Gasteiger charge is 2.42. The molecule has 308 valence electrons. The van der Waals surface area contributed by atoms with Gasteiger partial charge in [-0.3, -0.25) is 4.79 Å².